The third kappa shape index (κ3) is 6.86. The SMILES string of the molecule is C=CC(/C=C/c1ccc(C(=O)NC(CCS)C(=O)O)c(-c2ccccc2C)c1)=C\C=C/C. The molecule has 0 bridgehead atoms. The first-order valence-electron chi connectivity index (χ1n) is 10.4. The molecule has 0 aromatic heterocycles. The Morgan fingerprint density at radius 2 is 1.94 bits per heavy atom. The van der Waals surface area contributed by atoms with Gasteiger partial charge in [-0.2, -0.15) is 12.6 Å². The molecule has 5 heteroatoms. The molecule has 2 aromatic carbocycles. The van der Waals surface area contributed by atoms with Crippen molar-refractivity contribution in [1.82, 2.24) is 5.32 Å². The Morgan fingerprint density at radius 3 is 2.56 bits per heavy atom. The number of allylic oxidation sites excluding steroid dienone is 6. The van der Waals surface area contributed by atoms with Crippen LogP contribution in [-0.4, -0.2) is 28.8 Å². The number of carboxylic acid groups (broad SMARTS) is 1. The minimum atomic E-state index is -1.07. The first kappa shape index (κ1) is 25.0. The minimum Gasteiger partial charge on any atom is -0.480 e. The lowest BCUT2D eigenvalue weighted by molar-refractivity contribution is -0.139. The molecule has 0 aliphatic heterocycles. The highest BCUT2D eigenvalue weighted by atomic mass is 32.1. The highest BCUT2D eigenvalue weighted by Crippen LogP contribution is 2.29. The average Bonchev–Trinajstić information content (AvgIpc) is 2.79. The molecule has 0 aliphatic rings. The molecule has 0 saturated heterocycles. The summed E-state index contributed by atoms with van der Waals surface area (Å²) in [5.74, 6) is -1.14. The molecule has 0 aliphatic carbocycles. The van der Waals surface area contributed by atoms with Gasteiger partial charge in [0.2, 0.25) is 0 Å². The van der Waals surface area contributed by atoms with Gasteiger partial charge in [0.1, 0.15) is 6.04 Å². The molecule has 0 heterocycles. The topological polar surface area (TPSA) is 66.4 Å². The minimum absolute atomic E-state index is 0.244. The summed E-state index contributed by atoms with van der Waals surface area (Å²) in [5, 5.41) is 12.0. The van der Waals surface area contributed by atoms with Gasteiger partial charge in [-0.25, -0.2) is 4.79 Å². The van der Waals surface area contributed by atoms with Gasteiger partial charge in [0.15, 0.2) is 0 Å². The molecule has 2 N–H and O–H groups in total. The van der Waals surface area contributed by atoms with E-state index in [1.54, 1.807) is 12.1 Å². The van der Waals surface area contributed by atoms with Gasteiger partial charge in [-0.3, -0.25) is 4.79 Å². The monoisotopic (exact) mass is 447 g/mol. The van der Waals surface area contributed by atoms with Crippen LogP contribution in [0.5, 0.6) is 0 Å². The fraction of sp³-hybridized carbons (Fsp3) is 0.185. The smallest absolute Gasteiger partial charge is 0.326 e. The van der Waals surface area contributed by atoms with E-state index in [-0.39, 0.29) is 6.42 Å². The van der Waals surface area contributed by atoms with Crippen LogP contribution in [0.2, 0.25) is 0 Å². The van der Waals surface area contributed by atoms with Crippen LogP contribution < -0.4 is 5.32 Å². The van der Waals surface area contributed by atoms with E-state index in [9.17, 15) is 14.7 Å². The zero-order valence-corrected chi connectivity index (χ0v) is 19.3. The number of amides is 1. The standard InChI is InChI=1S/C27H29NO3S/c1-4-6-10-20(5-2)12-13-21-14-15-23(26(29)28-25(16-17-32)27(30)31)24(18-21)22-11-8-7-9-19(22)3/h4-15,18,25,32H,2,16-17H2,1,3H3,(H,28,29)(H,30,31)/b6-4-,13-12+,20-10+. The van der Waals surface area contributed by atoms with Gasteiger partial charge in [0.25, 0.3) is 5.91 Å². The van der Waals surface area contributed by atoms with E-state index in [1.807, 2.05) is 80.6 Å². The van der Waals surface area contributed by atoms with E-state index in [0.717, 1.165) is 27.8 Å². The van der Waals surface area contributed by atoms with Crippen LogP contribution in [0.25, 0.3) is 17.2 Å². The van der Waals surface area contributed by atoms with Crippen molar-refractivity contribution in [3.63, 3.8) is 0 Å². The van der Waals surface area contributed by atoms with Crippen molar-refractivity contribution in [3.05, 3.63) is 102 Å². The van der Waals surface area contributed by atoms with Crippen LogP contribution >= 0.6 is 12.6 Å². The highest BCUT2D eigenvalue weighted by molar-refractivity contribution is 7.80. The second-order valence-electron chi connectivity index (χ2n) is 7.23. The molecule has 0 spiro atoms. The summed E-state index contributed by atoms with van der Waals surface area (Å²) >= 11 is 4.10. The van der Waals surface area contributed by atoms with Gasteiger partial charge < -0.3 is 10.4 Å². The van der Waals surface area contributed by atoms with Gasteiger partial charge in [-0.1, -0.05) is 73.4 Å². The van der Waals surface area contributed by atoms with E-state index in [1.165, 1.54) is 0 Å². The first-order chi connectivity index (χ1) is 15.4. The fourth-order valence-electron chi connectivity index (χ4n) is 3.18. The largest absolute Gasteiger partial charge is 0.480 e. The summed E-state index contributed by atoms with van der Waals surface area (Å²) in [7, 11) is 0. The van der Waals surface area contributed by atoms with E-state index < -0.39 is 17.9 Å². The van der Waals surface area contributed by atoms with E-state index >= 15 is 0 Å². The summed E-state index contributed by atoms with van der Waals surface area (Å²) in [5.41, 5.74) is 4.98. The zero-order chi connectivity index (χ0) is 23.5. The molecular weight excluding hydrogens is 418 g/mol. The lowest BCUT2D eigenvalue weighted by Crippen LogP contribution is -2.41. The number of hydrogen-bond donors (Lipinski definition) is 3. The van der Waals surface area contributed by atoms with Gasteiger partial charge in [-0.15, -0.1) is 0 Å². The molecule has 1 unspecified atom stereocenters. The number of carbonyl (C=O) groups excluding carboxylic acids is 1. The maximum Gasteiger partial charge on any atom is 0.326 e. The summed E-state index contributed by atoms with van der Waals surface area (Å²) < 4.78 is 0. The zero-order valence-electron chi connectivity index (χ0n) is 18.4. The maximum absolute atomic E-state index is 13.0. The Balaban J connectivity index is 2.51. The Labute approximate surface area is 195 Å². The van der Waals surface area contributed by atoms with Crippen molar-refractivity contribution in [2.75, 3.05) is 5.75 Å². The number of carbonyl (C=O) groups is 2. The summed E-state index contributed by atoms with van der Waals surface area (Å²) in [4.78, 5) is 24.5. The Hall–Kier alpha value is -3.31. The second-order valence-corrected chi connectivity index (χ2v) is 7.67. The van der Waals surface area contributed by atoms with Crippen LogP contribution in [0.4, 0.5) is 0 Å². The lowest BCUT2D eigenvalue weighted by Gasteiger charge is -2.17. The molecule has 0 radical (unpaired) electrons. The normalized spacial score (nSPS) is 12.8. The molecular formula is C27H29NO3S. The fourth-order valence-corrected chi connectivity index (χ4v) is 3.43. The number of nitrogens with one attached hydrogen (secondary N) is 1. The predicted molar refractivity (Wildman–Crippen MR) is 136 cm³/mol. The van der Waals surface area contributed by atoms with Crippen LogP contribution in [0, 0.1) is 6.92 Å². The first-order valence-corrected chi connectivity index (χ1v) is 11.0. The van der Waals surface area contributed by atoms with Crippen molar-refractivity contribution in [3.8, 4) is 11.1 Å². The Kier molecular flexibility index (Phi) is 9.76. The number of aryl methyl sites for hydroxylation is 1. The highest BCUT2D eigenvalue weighted by Gasteiger charge is 2.22. The molecule has 1 amide bonds. The van der Waals surface area contributed by atoms with Crippen molar-refractivity contribution >= 4 is 30.6 Å². The number of hydrogen-bond acceptors (Lipinski definition) is 3. The summed E-state index contributed by atoms with van der Waals surface area (Å²) in [6, 6.07) is 12.3. The molecule has 4 nitrogen and oxygen atoms in total. The van der Waals surface area contributed by atoms with Crippen molar-refractivity contribution in [1.29, 1.82) is 0 Å². The number of aliphatic carboxylic acids is 1. The van der Waals surface area contributed by atoms with Crippen molar-refractivity contribution in [2.45, 2.75) is 26.3 Å². The molecule has 0 fully saturated rings. The molecule has 0 saturated carbocycles. The third-order valence-electron chi connectivity index (χ3n) is 4.93. The summed E-state index contributed by atoms with van der Waals surface area (Å²) in [6.07, 6.45) is 11.8. The number of rotatable bonds is 10. The van der Waals surface area contributed by atoms with Gasteiger partial charge in [0.05, 0.1) is 0 Å². The molecule has 1 atom stereocenters. The number of carboxylic acids is 1. The molecule has 166 valence electrons. The van der Waals surface area contributed by atoms with Crippen LogP contribution in [0.15, 0.2) is 85.0 Å². The van der Waals surface area contributed by atoms with Gasteiger partial charge in [0, 0.05) is 5.56 Å². The molecule has 2 aromatic rings. The van der Waals surface area contributed by atoms with Crippen LogP contribution in [-0.2, 0) is 4.79 Å². The van der Waals surface area contributed by atoms with Crippen molar-refractivity contribution in [2.24, 2.45) is 0 Å². The number of benzene rings is 2. The predicted octanol–water partition coefficient (Wildman–Crippen LogP) is 5.87. The van der Waals surface area contributed by atoms with Crippen molar-refractivity contribution < 1.29 is 14.7 Å². The van der Waals surface area contributed by atoms with E-state index in [4.69, 9.17) is 0 Å². The average molecular weight is 448 g/mol. The Morgan fingerprint density at radius 1 is 1.19 bits per heavy atom. The Bertz CT molecular complexity index is 1070. The molecule has 2 rings (SSSR count). The second kappa shape index (κ2) is 12.5. The van der Waals surface area contributed by atoms with E-state index in [0.29, 0.717) is 11.3 Å². The summed E-state index contributed by atoms with van der Waals surface area (Å²) in [6.45, 7) is 7.77. The lowest BCUT2D eigenvalue weighted by atomic mass is 9.93. The quantitative estimate of drug-likeness (QED) is 0.315. The number of thiol groups is 1. The van der Waals surface area contributed by atoms with Crippen LogP contribution in [0.1, 0.15) is 34.8 Å². The van der Waals surface area contributed by atoms with Gasteiger partial charge in [-0.05, 0) is 66.0 Å². The maximum atomic E-state index is 13.0. The van der Waals surface area contributed by atoms with Gasteiger partial charge >= 0.3 is 5.97 Å². The van der Waals surface area contributed by atoms with E-state index in [2.05, 4.69) is 24.5 Å². The molecule has 32 heavy (non-hydrogen) atoms. The van der Waals surface area contributed by atoms with Crippen LogP contribution in [0.3, 0.4) is 0 Å². The third-order valence-corrected chi connectivity index (χ3v) is 5.19.